The fourth-order valence-electron chi connectivity index (χ4n) is 3.17. The summed E-state index contributed by atoms with van der Waals surface area (Å²) in [5, 5.41) is 31.2. The molecule has 2 aromatic carbocycles. The van der Waals surface area contributed by atoms with Gasteiger partial charge in [0, 0.05) is 24.7 Å². The number of piperidine rings is 1. The van der Waals surface area contributed by atoms with Gasteiger partial charge < -0.3 is 25.5 Å². The molecule has 0 saturated carbocycles. The largest absolute Gasteiger partial charge is 0.504 e. The second-order valence-electron chi connectivity index (χ2n) is 6.79. The maximum absolute atomic E-state index is 12.9. The van der Waals surface area contributed by atoms with Gasteiger partial charge in [0.05, 0.1) is 6.42 Å². The van der Waals surface area contributed by atoms with Gasteiger partial charge in [-0.25, -0.2) is 4.39 Å². The van der Waals surface area contributed by atoms with Crippen LogP contribution in [0.2, 0.25) is 0 Å². The standard InChI is InChI=1S/C20H21FN2O5/c21-14-3-1-12(2-4-14)9-18(26)23-7-5-15(6-8-23)22-20(28)13-10-16(24)19(27)17(25)11-13/h1-4,10-11,15,24-25,27H,5-9H2,(H,22,28). The zero-order valence-electron chi connectivity index (χ0n) is 15.1. The Morgan fingerprint density at radius 3 is 2.18 bits per heavy atom. The first kappa shape index (κ1) is 19.5. The highest BCUT2D eigenvalue weighted by Gasteiger charge is 2.24. The summed E-state index contributed by atoms with van der Waals surface area (Å²) in [7, 11) is 0. The van der Waals surface area contributed by atoms with E-state index in [4.69, 9.17) is 0 Å². The molecule has 28 heavy (non-hydrogen) atoms. The lowest BCUT2D eigenvalue weighted by Crippen LogP contribution is -2.47. The number of likely N-dealkylation sites (tertiary alicyclic amines) is 1. The monoisotopic (exact) mass is 388 g/mol. The van der Waals surface area contributed by atoms with Crippen molar-refractivity contribution in [2.45, 2.75) is 25.3 Å². The second-order valence-corrected chi connectivity index (χ2v) is 6.79. The zero-order valence-corrected chi connectivity index (χ0v) is 15.1. The van der Waals surface area contributed by atoms with Gasteiger partial charge >= 0.3 is 0 Å². The Balaban J connectivity index is 1.51. The highest BCUT2D eigenvalue weighted by Crippen LogP contribution is 2.35. The zero-order chi connectivity index (χ0) is 20.3. The maximum atomic E-state index is 12.9. The average molecular weight is 388 g/mol. The summed E-state index contributed by atoms with van der Waals surface area (Å²) in [6, 6.07) is 7.82. The summed E-state index contributed by atoms with van der Waals surface area (Å²) >= 11 is 0. The van der Waals surface area contributed by atoms with Crippen LogP contribution in [0.25, 0.3) is 0 Å². The Labute approximate surface area is 161 Å². The van der Waals surface area contributed by atoms with E-state index in [-0.39, 0.29) is 29.8 Å². The molecule has 0 aliphatic carbocycles. The fourth-order valence-corrected chi connectivity index (χ4v) is 3.17. The number of carbonyl (C=O) groups is 2. The SMILES string of the molecule is O=C(NC1CCN(C(=O)Cc2ccc(F)cc2)CC1)c1cc(O)c(O)c(O)c1. The molecule has 7 nitrogen and oxygen atoms in total. The summed E-state index contributed by atoms with van der Waals surface area (Å²) < 4.78 is 12.9. The Hall–Kier alpha value is -3.29. The summed E-state index contributed by atoms with van der Waals surface area (Å²) in [4.78, 5) is 26.4. The van der Waals surface area contributed by atoms with E-state index in [2.05, 4.69) is 5.32 Å². The van der Waals surface area contributed by atoms with Gasteiger partial charge in [-0.3, -0.25) is 9.59 Å². The molecule has 0 radical (unpaired) electrons. The molecule has 3 rings (SSSR count). The average Bonchev–Trinajstić information content (AvgIpc) is 2.68. The number of hydrogen-bond acceptors (Lipinski definition) is 5. The van der Waals surface area contributed by atoms with Gasteiger partial charge in [-0.1, -0.05) is 12.1 Å². The number of nitrogens with zero attached hydrogens (tertiary/aromatic N) is 1. The number of hydrogen-bond donors (Lipinski definition) is 4. The molecule has 0 spiro atoms. The normalized spacial score (nSPS) is 14.7. The third-order valence-corrected chi connectivity index (χ3v) is 4.78. The molecule has 0 bridgehead atoms. The molecule has 0 atom stereocenters. The molecule has 4 N–H and O–H groups in total. The topological polar surface area (TPSA) is 110 Å². The van der Waals surface area contributed by atoms with Crippen molar-refractivity contribution < 1.29 is 29.3 Å². The summed E-state index contributed by atoms with van der Waals surface area (Å²) in [5.74, 6) is -2.71. The van der Waals surface area contributed by atoms with Crippen LogP contribution in [-0.2, 0) is 11.2 Å². The maximum Gasteiger partial charge on any atom is 0.251 e. The first-order valence-electron chi connectivity index (χ1n) is 8.91. The summed E-state index contributed by atoms with van der Waals surface area (Å²) in [6.45, 7) is 0.966. The van der Waals surface area contributed by atoms with Crippen LogP contribution in [0, 0.1) is 5.82 Å². The molecule has 1 heterocycles. The van der Waals surface area contributed by atoms with Crippen LogP contribution in [0.4, 0.5) is 4.39 Å². The number of nitrogens with one attached hydrogen (secondary N) is 1. The number of aromatic hydroxyl groups is 3. The number of carbonyl (C=O) groups excluding carboxylic acids is 2. The highest BCUT2D eigenvalue weighted by atomic mass is 19.1. The highest BCUT2D eigenvalue weighted by molar-refractivity contribution is 5.95. The Morgan fingerprint density at radius 2 is 1.61 bits per heavy atom. The van der Waals surface area contributed by atoms with Crippen molar-refractivity contribution in [1.82, 2.24) is 10.2 Å². The van der Waals surface area contributed by atoms with Crippen LogP contribution in [-0.4, -0.2) is 51.2 Å². The van der Waals surface area contributed by atoms with Gasteiger partial charge in [-0.2, -0.15) is 0 Å². The Bertz CT molecular complexity index is 854. The molecule has 1 saturated heterocycles. The van der Waals surface area contributed by atoms with Gasteiger partial charge in [-0.15, -0.1) is 0 Å². The van der Waals surface area contributed by atoms with E-state index in [0.717, 1.165) is 17.7 Å². The molecule has 2 aromatic rings. The smallest absolute Gasteiger partial charge is 0.251 e. The van der Waals surface area contributed by atoms with Crippen LogP contribution >= 0.6 is 0 Å². The number of phenols is 3. The van der Waals surface area contributed by atoms with Crippen LogP contribution in [0.1, 0.15) is 28.8 Å². The first-order valence-corrected chi connectivity index (χ1v) is 8.91. The third-order valence-electron chi connectivity index (χ3n) is 4.78. The van der Waals surface area contributed by atoms with Crippen LogP contribution < -0.4 is 5.32 Å². The number of rotatable bonds is 4. The van der Waals surface area contributed by atoms with Gasteiger partial charge in [0.2, 0.25) is 5.91 Å². The van der Waals surface area contributed by atoms with E-state index in [1.54, 1.807) is 17.0 Å². The predicted molar refractivity (Wildman–Crippen MR) is 98.6 cm³/mol. The fraction of sp³-hybridized carbons (Fsp3) is 0.300. The lowest BCUT2D eigenvalue weighted by atomic mass is 10.0. The van der Waals surface area contributed by atoms with Crippen molar-refractivity contribution >= 4 is 11.8 Å². The second kappa shape index (κ2) is 8.16. The first-order chi connectivity index (χ1) is 13.3. The summed E-state index contributed by atoms with van der Waals surface area (Å²) in [6.07, 6.45) is 1.33. The van der Waals surface area contributed by atoms with E-state index in [9.17, 15) is 29.3 Å². The number of phenolic OH excluding ortho intramolecular Hbond substituents is 3. The number of halogens is 1. The van der Waals surface area contributed by atoms with Gasteiger partial charge in [0.1, 0.15) is 5.82 Å². The molecular weight excluding hydrogens is 367 g/mol. The van der Waals surface area contributed by atoms with E-state index >= 15 is 0 Å². The Kier molecular flexibility index (Phi) is 5.67. The lowest BCUT2D eigenvalue weighted by molar-refractivity contribution is -0.131. The molecule has 8 heteroatoms. The minimum Gasteiger partial charge on any atom is -0.504 e. The molecular formula is C20H21FN2O5. The van der Waals surface area contributed by atoms with E-state index < -0.39 is 23.2 Å². The molecule has 148 valence electrons. The van der Waals surface area contributed by atoms with Gasteiger partial charge in [-0.05, 0) is 42.7 Å². The molecule has 0 aromatic heterocycles. The molecule has 2 amide bonds. The van der Waals surface area contributed by atoms with Crippen molar-refractivity contribution in [3.05, 3.63) is 53.3 Å². The minimum atomic E-state index is -0.676. The van der Waals surface area contributed by atoms with Crippen molar-refractivity contribution in [2.75, 3.05) is 13.1 Å². The quantitative estimate of drug-likeness (QED) is 0.598. The molecule has 1 aliphatic heterocycles. The third kappa shape index (κ3) is 4.51. The van der Waals surface area contributed by atoms with E-state index in [1.807, 2.05) is 0 Å². The molecule has 1 fully saturated rings. The van der Waals surface area contributed by atoms with Crippen LogP contribution in [0.5, 0.6) is 17.2 Å². The van der Waals surface area contributed by atoms with Crippen LogP contribution in [0.3, 0.4) is 0 Å². The van der Waals surface area contributed by atoms with E-state index in [0.29, 0.717) is 25.9 Å². The summed E-state index contributed by atoms with van der Waals surface area (Å²) in [5.41, 5.74) is 0.774. The van der Waals surface area contributed by atoms with Gasteiger partial charge in [0.25, 0.3) is 5.91 Å². The molecule has 1 aliphatic rings. The Morgan fingerprint density at radius 1 is 1.04 bits per heavy atom. The van der Waals surface area contributed by atoms with Crippen molar-refractivity contribution in [2.24, 2.45) is 0 Å². The van der Waals surface area contributed by atoms with Crippen molar-refractivity contribution in [3.63, 3.8) is 0 Å². The van der Waals surface area contributed by atoms with Crippen molar-refractivity contribution in [1.29, 1.82) is 0 Å². The number of amides is 2. The minimum absolute atomic E-state index is 0.0302. The van der Waals surface area contributed by atoms with E-state index in [1.165, 1.54) is 12.1 Å². The van der Waals surface area contributed by atoms with Crippen molar-refractivity contribution in [3.8, 4) is 17.2 Å². The van der Waals surface area contributed by atoms with Gasteiger partial charge in [0.15, 0.2) is 17.2 Å². The lowest BCUT2D eigenvalue weighted by Gasteiger charge is -2.32. The molecule has 0 unspecified atom stereocenters. The number of benzene rings is 2. The predicted octanol–water partition coefficient (Wildman–Crippen LogP) is 1.91. The van der Waals surface area contributed by atoms with Crippen LogP contribution in [0.15, 0.2) is 36.4 Å².